The van der Waals surface area contributed by atoms with E-state index in [1.165, 1.54) is 6.42 Å². The fourth-order valence-electron chi connectivity index (χ4n) is 4.25. The molecule has 5 rings (SSSR count). The van der Waals surface area contributed by atoms with Gasteiger partial charge in [-0.25, -0.2) is 9.97 Å². The van der Waals surface area contributed by atoms with Crippen LogP contribution in [0.25, 0.3) is 20.7 Å². The molecule has 1 atom stereocenters. The van der Waals surface area contributed by atoms with Gasteiger partial charge in [0.15, 0.2) is 0 Å². The summed E-state index contributed by atoms with van der Waals surface area (Å²) in [6.07, 6.45) is 4.99. The van der Waals surface area contributed by atoms with Crippen molar-refractivity contribution in [2.45, 2.75) is 31.3 Å². The highest BCUT2D eigenvalue weighted by Gasteiger charge is 2.25. The number of amides is 1. The van der Waals surface area contributed by atoms with Crippen LogP contribution in [-0.2, 0) is 0 Å². The molecule has 1 aliphatic carbocycles. The number of anilines is 1. The Morgan fingerprint density at radius 3 is 2.91 bits per heavy atom. The molecule has 1 saturated carbocycles. The predicted molar refractivity (Wildman–Crippen MR) is 135 cm³/mol. The van der Waals surface area contributed by atoms with Crippen molar-refractivity contribution in [3.8, 4) is 10.6 Å². The minimum Gasteiger partial charge on any atom is -0.353 e. The van der Waals surface area contributed by atoms with Crippen molar-refractivity contribution < 1.29 is 4.79 Å². The molecule has 0 radical (unpaired) electrons. The van der Waals surface area contributed by atoms with E-state index in [9.17, 15) is 4.79 Å². The van der Waals surface area contributed by atoms with E-state index >= 15 is 0 Å². The summed E-state index contributed by atoms with van der Waals surface area (Å²) in [6, 6.07) is 8.81. The van der Waals surface area contributed by atoms with Crippen LogP contribution in [0.5, 0.6) is 0 Å². The average Bonchev–Trinajstić information content (AvgIpc) is 3.30. The summed E-state index contributed by atoms with van der Waals surface area (Å²) in [7, 11) is 4.29. The standard InChI is InChI=1S/C24H29ClN6OS/c1-30(2)16-8-10-31(14-16)11-9-26-24-27-13-19(25)22(29-24)21-12-18-17(4-3-5-20(18)33-21)23(32)28-15-6-7-15/h3-5,12-13,15-16H,6-11,14H2,1-2H3,(H,28,32)(H,26,27,29)/t16-/m0/s1. The third kappa shape index (κ3) is 5.14. The molecule has 9 heteroatoms. The number of carbonyl (C=O) groups excluding carboxylic acids is 1. The molecule has 2 fully saturated rings. The van der Waals surface area contributed by atoms with Crippen LogP contribution in [0.1, 0.15) is 29.6 Å². The third-order valence-electron chi connectivity index (χ3n) is 6.39. The summed E-state index contributed by atoms with van der Waals surface area (Å²) in [4.78, 5) is 27.5. The van der Waals surface area contributed by atoms with Crippen molar-refractivity contribution in [1.82, 2.24) is 25.1 Å². The first-order chi connectivity index (χ1) is 16.0. The molecule has 3 aromatic rings. The van der Waals surface area contributed by atoms with E-state index in [0.29, 0.717) is 34.3 Å². The maximum absolute atomic E-state index is 12.7. The Morgan fingerprint density at radius 2 is 2.15 bits per heavy atom. The maximum atomic E-state index is 12.7. The van der Waals surface area contributed by atoms with Gasteiger partial charge in [-0.3, -0.25) is 9.69 Å². The van der Waals surface area contributed by atoms with Crippen LogP contribution in [0, 0.1) is 0 Å². The summed E-state index contributed by atoms with van der Waals surface area (Å²) in [5.41, 5.74) is 1.39. The Kier molecular flexibility index (Phi) is 6.51. The SMILES string of the molecule is CN(C)[C@H]1CCN(CCNc2ncc(Cl)c(-c3cc4c(C(=O)NC5CC5)cccc4s3)n2)C1. The van der Waals surface area contributed by atoms with Crippen LogP contribution in [0.3, 0.4) is 0 Å². The molecule has 0 unspecified atom stereocenters. The molecule has 1 saturated heterocycles. The fourth-order valence-corrected chi connectivity index (χ4v) is 5.59. The molecule has 0 bridgehead atoms. The van der Waals surface area contributed by atoms with Gasteiger partial charge < -0.3 is 15.5 Å². The first kappa shape index (κ1) is 22.5. The highest BCUT2D eigenvalue weighted by atomic mass is 35.5. The van der Waals surface area contributed by atoms with E-state index in [4.69, 9.17) is 16.6 Å². The number of likely N-dealkylation sites (tertiary alicyclic amines) is 1. The van der Waals surface area contributed by atoms with E-state index in [-0.39, 0.29) is 5.91 Å². The number of nitrogens with zero attached hydrogens (tertiary/aromatic N) is 4. The van der Waals surface area contributed by atoms with Gasteiger partial charge in [0.2, 0.25) is 5.95 Å². The normalized spacial score (nSPS) is 18.8. The van der Waals surface area contributed by atoms with Crippen LogP contribution in [0.2, 0.25) is 5.02 Å². The number of nitrogens with one attached hydrogen (secondary N) is 2. The number of likely N-dealkylation sites (N-methyl/N-ethyl adjacent to an activating group) is 1. The first-order valence-corrected chi connectivity index (χ1v) is 12.7. The second-order valence-electron chi connectivity index (χ2n) is 9.10. The van der Waals surface area contributed by atoms with Crippen LogP contribution in [0.4, 0.5) is 5.95 Å². The molecule has 1 aromatic carbocycles. The molecule has 2 N–H and O–H groups in total. The highest BCUT2D eigenvalue weighted by molar-refractivity contribution is 7.22. The van der Waals surface area contributed by atoms with E-state index in [1.54, 1.807) is 17.5 Å². The van der Waals surface area contributed by atoms with Crippen molar-refractivity contribution >= 4 is 44.9 Å². The molecule has 2 aromatic heterocycles. The molecular formula is C24H29ClN6OS. The number of rotatable bonds is 8. The van der Waals surface area contributed by atoms with Gasteiger partial charge in [0.05, 0.1) is 16.1 Å². The summed E-state index contributed by atoms with van der Waals surface area (Å²) in [5.74, 6) is 0.559. The third-order valence-corrected chi connectivity index (χ3v) is 7.77. The molecule has 174 valence electrons. The summed E-state index contributed by atoms with van der Waals surface area (Å²) in [6.45, 7) is 3.95. The Morgan fingerprint density at radius 1 is 1.30 bits per heavy atom. The van der Waals surface area contributed by atoms with Crippen molar-refractivity contribution in [2.24, 2.45) is 0 Å². The summed E-state index contributed by atoms with van der Waals surface area (Å²) < 4.78 is 1.04. The van der Waals surface area contributed by atoms with Crippen LogP contribution >= 0.6 is 22.9 Å². The minimum absolute atomic E-state index is 0.0120. The quantitative estimate of drug-likeness (QED) is 0.504. The molecular weight excluding hydrogens is 456 g/mol. The number of hydrogen-bond donors (Lipinski definition) is 2. The van der Waals surface area contributed by atoms with Crippen LogP contribution in [-0.4, -0.2) is 78.0 Å². The zero-order chi connectivity index (χ0) is 22.9. The Hall–Kier alpha value is -2.26. The second kappa shape index (κ2) is 9.54. The molecule has 1 amide bonds. The fraction of sp³-hybridized carbons (Fsp3) is 0.458. The number of fused-ring (bicyclic) bond motifs is 1. The molecule has 7 nitrogen and oxygen atoms in total. The monoisotopic (exact) mass is 484 g/mol. The van der Waals surface area contributed by atoms with Crippen molar-refractivity contribution in [2.75, 3.05) is 45.6 Å². The number of thiophene rings is 1. The predicted octanol–water partition coefficient (Wildman–Crippen LogP) is 3.95. The van der Waals surface area contributed by atoms with Crippen molar-refractivity contribution in [3.05, 3.63) is 41.0 Å². The van der Waals surface area contributed by atoms with Gasteiger partial charge in [-0.1, -0.05) is 17.7 Å². The second-order valence-corrected chi connectivity index (χ2v) is 10.6. The van der Waals surface area contributed by atoms with Crippen LogP contribution in [0.15, 0.2) is 30.5 Å². The van der Waals surface area contributed by atoms with E-state index in [0.717, 1.165) is 54.0 Å². The number of carbonyl (C=O) groups is 1. The number of halogens is 1. The molecule has 3 heterocycles. The Labute approximate surface area is 203 Å². The van der Waals surface area contributed by atoms with Gasteiger partial charge in [-0.15, -0.1) is 11.3 Å². The van der Waals surface area contributed by atoms with Gasteiger partial charge in [-0.05, 0) is 58.1 Å². The summed E-state index contributed by atoms with van der Waals surface area (Å²) in [5, 5.41) is 7.87. The molecule has 1 aliphatic heterocycles. The van der Waals surface area contributed by atoms with Crippen molar-refractivity contribution in [3.63, 3.8) is 0 Å². The number of hydrogen-bond acceptors (Lipinski definition) is 7. The lowest BCUT2D eigenvalue weighted by molar-refractivity contribution is 0.0953. The molecule has 0 spiro atoms. The van der Waals surface area contributed by atoms with Gasteiger partial charge in [0.25, 0.3) is 5.91 Å². The zero-order valence-electron chi connectivity index (χ0n) is 19.0. The van der Waals surface area contributed by atoms with E-state index < -0.39 is 0 Å². The average molecular weight is 485 g/mol. The highest BCUT2D eigenvalue weighted by Crippen LogP contribution is 2.37. The molecule has 2 aliphatic rings. The maximum Gasteiger partial charge on any atom is 0.252 e. The van der Waals surface area contributed by atoms with Gasteiger partial charge in [0.1, 0.15) is 5.69 Å². The van der Waals surface area contributed by atoms with E-state index in [2.05, 4.69) is 39.5 Å². The number of aromatic nitrogens is 2. The van der Waals surface area contributed by atoms with Crippen molar-refractivity contribution in [1.29, 1.82) is 0 Å². The molecule has 33 heavy (non-hydrogen) atoms. The minimum atomic E-state index is -0.0120. The zero-order valence-corrected chi connectivity index (χ0v) is 20.5. The lowest BCUT2D eigenvalue weighted by Crippen LogP contribution is -2.33. The lowest BCUT2D eigenvalue weighted by atomic mass is 10.1. The topological polar surface area (TPSA) is 73.4 Å². The lowest BCUT2D eigenvalue weighted by Gasteiger charge is -2.20. The summed E-state index contributed by atoms with van der Waals surface area (Å²) >= 11 is 8.07. The van der Waals surface area contributed by atoms with Gasteiger partial charge in [0, 0.05) is 47.4 Å². The number of benzene rings is 1. The first-order valence-electron chi connectivity index (χ1n) is 11.5. The van der Waals surface area contributed by atoms with Crippen LogP contribution < -0.4 is 10.6 Å². The smallest absolute Gasteiger partial charge is 0.252 e. The largest absolute Gasteiger partial charge is 0.353 e. The van der Waals surface area contributed by atoms with Gasteiger partial charge in [-0.2, -0.15) is 0 Å². The Balaban J connectivity index is 1.30. The Bertz CT molecular complexity index is 1160. The van der Waals surface area contributed by atoms with E-state index in [1.807, 2.05) is 24.3 Å². The van der Waals surface area contributed by atoms with Gasteiger partial charge >= 0.3 is 0 Å².